The Bertz CT molecular complexity index is 2420. The number of hydrogen-bond acceptors (Lipinski definition) is 12. The summed E-state index contributed by atoms with van der Waals surface area (Å²) in [7, 11) is 0. The molecule has 4 aromatic rings. The number of amides is 6. The molecule has 66 heavy (non-hydrogen) atoms. The summed E-state index contributed by atoms with van der Waals surface area (Å²) >= 11 is 14.4. The van der Waals surface area contributed by atoms with E-state index in [0.717, 1.165) is 17.8 Å². The van der Waals surface area contributed by atoms with Gasteiger partial charge >= 0.3 is 12.2 Å². The smallest absolute Gasteiger partial charge is 0.414 e. The van der Waals surface area contributed by atoms with Crippen molar-refractivity contribution in [3.63, 3.8) is 0 Å². The van der Waals surface area contributed by atoms with Crippen LogP contribution in [-0.4, -0.2) is 124 Å². The summed E-state index contributed by atoms with van der Waals surface area (Å²) in [6, 6.07) is 21.2. The topological polar surface area (TPSA) is 168 Å². The van der Waals surface area contributed by atoms with Crippen molar-refractivity contribution < 1.29 is 47.7 Å². The van der Waals surface area contributed by atoms with Crippen LogP contribution in [0.1, 0.15) is 60.4 Å². The first-order chi connectivity index (χ1) is 31.3. The number of halogens is 2. The molecule has 2 atom stereocenters. The van der Waals surface area contributed by atoms with Gasteiger partial charge in [-0.25, -0.2) is 9.59 Å². The van der Waals surface area contributed by atoms with E-state index < -0.39 is 29.9 Å². The van der Waals surface area contributed by atoms with E-state index >= 15 is 0 Å². The number of anilines is 4. The van der Waals surface area contributed by atoms with Crippen molar-refractivity contribution in [2.75, 3.05) is 85.3 Å². The average Bonchev–Trinajstić information content (AvgIpc) is 4.09. The van der Waals surface area contributed by atoms with Gasteiger partial charge in [0.15, 0.2) is 0 Å². The third kappa shape index (κ3) is 12.0. The van der Waals surface area contributed by atoms with Crippen molar-refractivity contribution in [1.82, 2.24) is 10.2 Å². The molecule has 6 amide bonds. The van der Waals surface area contributed by atoms with Crippen molar-refractivity contribution in [2.24, 2.45) is 5.41 Å². The minimum atomic E-state index is -0.494. The average molecular weight is 984 g/mol. The Labute approximate surface area is 401 Å². The molecule has 4 aliphatic heterocycles. The number of rotatable bonds is 12. The molecule has 352 valence electrons. The summed E-state index contributed by atoms with van der Waals surface area (Å²) in [5, 5.41) is 2.76. The van der Waals surface area contributed by atoms with Gasteiger partial charge in [-0.15, -0.1) is 22.7 Å². The predicted molar refractivity (Wildman–Crippen MR) is 255 cm³/mol. The third-order valence-corrected chi connectivity index (χ3v) is 13.5. The van der Waals surface area contributed by atoms with Gasteiger partial charge in [0.25, 0.3) is 23.6 Å². The number of cyclic esters (lactones) is 2. The predicted octanol–water partition coefficient (Wildman–Crippen LogP) is 7.97. The summed E-state index contributed by atoms with van der Waals surface area (Å²) in [6.45, 7) is 13.8. The van der Waals surface area contributed by atoms with Crippen molar-refractivity contribution in [3.05, 3.63) is 91.2 Å². The lowest BCUT2D eigenvalue weighted by Gasteiger charge is -2.43. The molecule has 0 unspecified atom stereocenters. The van der Waals surface area contributed by atoms with Gasteiger partial charge in [-0.3, -0.25) is 29.0 Å². The number of nitrogens with one attached hydrogen (secondary N) is 1. The second-order valence-corrected chi connectivity index (χ2v) is 21.3. The van der Waals surface area contributed by atoms with E-state index in [2.05, 4.69) is 26.1 Å². The zero-order chi connectivity index (χ0) is 47.3. The highest BCUT2D eigenvalue weighted by Crippen LogP contribution is 2.35. The van der Waals surface area contributed by atoms with Crippen LogP contribution in [0.3, 0.4) is 0 Å². The summed E-state index contributed by atoms with van der Waals surface area (Å²) in [4.78, 5) is 84.1. The number of benzene rings is 2. The van der Waals surface area contributed by atoms with Crippen LogP contribution in [0.15, 0.2) is 72.8 Å². The molecule has 0 bridgehead atoms. The molecule has 2 aromatic heterocycles. The molecular formula is C46H52Cl2N6O10S2. The number of nitrogens with zero attached hydrogens (tertiary/aromatic N) is 5. The third-order valence-electron chi connectivity index (χ3n) is 11.1. The van der Waals surface area contributed by atoms with Crippen molar-refractivity contribution in [2.45, 2.75) is 58.8 Å². The van der Waals surface area contributed by atoms with Gasteiger partial charge in [0.2, 0.25) is 0 Å². The molecule has 6 heterocycles. The van der Waals surface area contributed by atoms with E-state index in [4.69, 9.17) is 42.1 Å². The van der Waals surface area contributed by atoms with E-state index in [1.807, 2.05) is 43.0 Å². The molecule has 4 aliphatic rings. The fourth-order valence-corrected chi connectivity index (χ4v) is 10.3. The number of thiophene rings is 2. The monoisotopic (exact) mass is 982 g/mol. The fraction of sp³-hybridized carbons (Fsp3) is 0.435. The van der Waals surface area contributed by atoms with Crippen LogP contribution >= 0.6 is 45.9 Å². The Morgan fingerprint density at radius 1 is 0.652 bits per heavy atom. The summed E-state index contributed by atoms with van der Waals surface area (Å²) in [5.41, 5.74) is 2.35. The SMILES string of the molecule is CC(C)(C)CC(C)(C)N(C[C@H]1CN(c2ccc(N3CCOCC3=O)cc2)C(=O)O1)C(=O)c1ccc(Cl)s1.O=C(NC[C@H]1CN(c2ccc(N3CCOCC3=O)cc2)C(=O)O1)c1ccc(Cl)s1. The van der Waals surface area contributed by atoms with Gasteiger partial charge in [0.1, 0.15) is 25.4 Å². The molecule has 4 fully saturated rings. The van der Waals surface area contributed by atoms with Crippen LogP contribution in [0, 0.1) is 5.41 Å². The van der Waals surface area contributed by atoms with E-state index in [9.17, 15) is 28.8 Å². The molecular weight excluding hydrogens is 932 g/mol. The van der Waals surface area contributed by atoms with Crippen molar-refractivity contribution in [3.8, 4) is 0 Å². The number of ether oxygens (including phenoxy) is 4. The molecule has 0 aliphatic carbocycles. The Balaban J connectivity index is 0.000000202. The van der Waals surface area contributed by atoms with E-state index in [-0.39, 0.29) is 55.3 Å². The van der Waals surface area contributed by atoms with E-state index in [1.54, 1.807) is 63.2 Å². The summed E-state index contributed by atoms with van der Waals surface area (Å²) in [5.74, 6) is -0.558. The minimum absolute atomic E-state index is 0.0167. The molecule has 20 heteroatoms. The normalized spacial score (nSPS) is 19.1. The summed E-state index contributed by atoms with van der Waals surface area (Å²) in [6.07, 6.45) is -1.12. The van der Waals surface area contributed by atoms with E-state index in [0.29, 0.717) is 69.2 Å². The second-order valence-electron chi connectivity index (χ2n) is 17.8. The van der Waals surface area contributed by atoms with Crippen LogP contribution in [0.25, 0.3) is 0 Å². The van der Waals surface area contributed by atoms with Gasteiger partial charge in [-0.05, 0) is 98.5 Å². The zero-order valence-corrected chi connectivity index (χ0v) is 40.4. The van der Waals surface area contributed by atoms with Gasteiger partial charge in [-0.1, -0.05) is 44.0 Å². The lowest BCUT2D eigenvalue weighted by Crippen LogP contribution is -2.52. The lowest BCUT2D eigenvalue weighted by atomic mass is 9.80. The Hall–Kier alpha value is -5.24. The molecule has 0 spiro atoms. The quantitative estimate of drug-likeness (QED) is 0.147. The molecule has 8 rings (SSSR count). The first-order valence-corrected chi connectivity index (χ1v) is 23.8. The Morgan fingerprint density at radius 2 is 1.09 bits per heavy atom. The molecule has 2 aromatic carbocycles. The fourth-order valence-electron chi connectivity index (χ4n) is 8.37. The van der Waals surface area contributed by atoms with Crippen LogP contribution in [0.2, 0.25) is 8.67 Å². The molecule has 0 saturated carbocycles. The first-order valence-electron chi connectivity index (χ1n) is 21.4. The van der Waals surface area contributed by atoms with Crippen LogP contribution in [0.5, 0.6) is 0 Å². The van der Waals surface area contributed by atoms with Crippen LogP contribution in [-0.2, 0) is 28.5 Å². The zero-order valence-electron chi connectivity index (χ0n) is 37.3. The Kier molecular flexibility index (Phi) is 15.3. The lowest BCUT2D eigenvalue weighted by molar-refractivity contribution is -0.126. The summed E-state index contributed by atoms with van der Waals surface area (Å²) < 4.78 is 22.5. The maximum absolute atomic E-state index is 13.6. The number of morpholine rings is 2. The largest absolute Gasteiger partial charge is 0.442 e. The molecule has 1 N–H and O–H groups in total. The Morgan fingerprint density at radius 3 is 1.53 bits per heavy atom. The van der Waals surface area contributed by atoms with Crippen molar-refractivity contribution in [1.29, 1.82) is 0 Å². The minimum Gasteiger partial charge on any atom is -0.442 e. The highest BCUT2D eigenvalue weighted by Gasteiger charge is 2.41. The maximum atomic E-state index is 13.6. The van der Waals surface area contributed by atoms with Crippen LogP contribution < -0.4 is 24.9 Å². The van der Waals surface area contributed by atoms with Crippen LogP contribution in [0.4, 0.5) is 32.3 Å². The number of carbonyl (C=O) groups excluding carboxylic acids is 6. The number of carbonyl (C=O) groups is 6. The standard InChI is InChI=1S/C27H34ClN3O5S.C19H18ClN3O5S/c1-26(2,3)17-27(4,5)31(24(33)21-10-11-22(28)37-21)15-20-14-30(25(34)36-20)19-8-6-18(7-9-19)29-12-13-35-16-23(29)32;20-16-6-5-15(29-16)18(25)21-9-14-10-23(19(26)28-14)13-3-1-12(2-4-13)22-7-8-27-11-17(22)24/h6-11,20H,12-17H2,1-5H3;1-6,14H,7-11H2,(H,21,25)/t20-;14-/m10/s1. The molecule has 0 radical (unpaired) electrons. The van der Waals surface area contributed by atoms with E-state index in [1.165, 1.54) is 27.6 Å². The van der Waals surface area contributed by atoms with Gasteiger partial charge in [0, 0.05) is 41.4 Å². The second kappa shape index (κ2) is 20.7. The highest BCUT2D eigenvalue weighted by atomic mass is 35.5. The van der Waals surface area contributed by atoms with Gasteiger partial charge in [0.05, 0.1) is 57.8 Å². The number of hydrogen-bond donors (Lipinski definition) is 1. The first kappa shape index (κ1) is 48.7. The van der Waals surface area contributed by atoms with Gasteiger partial charge < -0.3 is 39.0 Å². The molecule has 4 saturated heterocycles. The highest BCUT2D eigenvalue weighted by molar-refractivity contribution is 7.18. The molecule has 16 nitrogen and oxygen atoms in total. The van der Waals surface area contributed by atoms with Crippen molar-refractivity contribution >= 4 is 104 Å². The van der Waals surface area contributed by atoms with Gasteiger partial charge in [-0.2, -0.15) is 0 Å². The maximum Gasteiger partial charge on any atom is 0.414 e.